The van der Waals surface area contributed by atoms with E-state index >= 15 is 0 Å². The Kier molecular flexibility index (Phi) is 5.75. The number of aromatic nitrogens is 2. The summed E-state index contributed by atoms with van der Waals surface area (Å²) >= 11 is 0. The van der Waals surface area contributed by atoms with Crippen LogP contribution in [0.1, 0.15) is 27.2 Å². The Morgan fingerprint density at radius 3 is 2.52 bits per heavy atom. The quantitative estimate of drug-likeness (QED) is 0.479. The van der Waals surface area contributed by atoms with Gasteiger partial charge >= 0.3 is 5.97 Å². The van der Waals surface area contributed by atoms with Gasteiger partial charge in [-0.05, 0) is 25.5 Å². The van der Waals surface area contributed by atoms with E-state index in [0.717, 1.165) is 16.7 Å². The fraction of sp³-hybridized carbons (Fsp3) is 0.167. The molecule has 0 spiro atoms. The van der Waals surface area contributed by atoms with Gasteiger partial charge in [-0.15, -0.1) is 0 Å². The number of benzene rings is 2. The molecule has 7 heteroatoms. The standard InChI is InChI=1S/C24H21N3O4/c1-15-8-10-18(11-9-15)20-12-19(22-16(2)27-31-24(22)26-20)23(29)25-13-21(28)30-14-17-6-4-3-5-7-17/h3-12H,13-14H2,1-2H3,(H,25,29). The number of carbonyl (C=O) groups is 2. The minimum Gasteiger partial charge on any atom is -0.460 e. The maximum atomic E-state index is 12.9. The molecular weight excluding hydrogens is 394 g/mol. The molecule has 31 heavy (non-hydrogen) atoms. The van der Waals surface area contributed by atoms with E-state index in [4.69, 9.17) is 9.26 Å². The molecule has 0 aliphatic carbocycles. The van der Waals surface area contributed by atoms with Crippen LogP contribution in [-0.4, -0.2) is 28.6 Å². The smallest absolute Gasteiger partial charge is 0.325 e. The van der Waals surface area contributed by atoms with Gasteiger partial charge in [0.2, 0.25) is 0 Å². The second-order valence-electron chi connectivity index (χ2n) is 7.20. The number of ether oxygens (including phenoxy) is 1. The Hall–Kier alpha value is -4.00. The Balaban J connectivity index is 1.52. The third-order valence-electron chi connectivity index (χ3n) is 4.84. The van der Waals surface area contributed by atoms with Gasteiger partial charge < -0.3 is 14.6 Å². The average molecular weight is 415 g/mol. The van der Waals surface area contributed by atoms with Gasteiger partial charge in [0.1, 0.15) is 13.2 Å². The van der Waals surface area contributed by atoms with Crippen LogP contribution in [0.25, 0.3) is 22.4 Å². The fourth-order valence-corrected chi connectivity index (χ4v) is 3.18. The zero-order valence-corrected chi connectivity index (χ0v) is 17.2. The van der Waals surface area contributed by atoms with Crippen LogP contribution < -0.4 is 5.32 Å². The summed E-state index contributed by atoms with van der Waals surface area (Å²) in [5, 5.41) is 7.08. The van der Waals surface area contributed by atoms with Gasteiger partial charge in [-0.2, -0.15) is 0 Å². The van der Waals surface area contributed by atoms with Crippen molar-refractivity contribution in [2.75, 3.05) is 6.54 Å². The molecule has 2 aromatic heterocycles. The third-order valence-corrected chi connectivity index (χ3v) is 4.84. The first kappa shape index (κ1) is 20.3. The zero-order chi connectivity index (χ0) is 21.8. The van der Waals surface area contributed by atoms with Gasteiger partial charge in [-0.1, -0.05) is 65.3 Å². The molecular formula is C24H21N3O4. The van der Waals surface area contributed by atoms with Crippen LogP contribution in [0, 0.1) is 13.8 Å². The Labute approximate surface area is 179 Å². The predicted molar refractivity (Wildman–Crippen MR) is 115 cm³/mol. The highest BCUT2D eigenvalue weighted by molar-refractivity contribution is 6.07. The molecule has 2 heterocycles. The highest BCUT2D eigenvalue weighted by atomic mass is 16.5. The van der Waals surface area contributed by atoms with Crippen LogP contribution >= 0.6 is 0 Å². The van der Waals surface area contributed by atoms with E-state index in [9.17, 15) is 9.59 Å². The Bertz CT molecular complexity index is 1230. The molecule has 0 bridgehead atoms. The summed E-state index contributed by atoms with van der Waals surface area (Å²) in [6.45, 7) is 3.64. The lowest BCUT2D eigenvalue weighted by atomic mass is 10.0. The van der Waals surface area contributed by atoms with E-state index in [1.54, 1.807) is 13.0 Å². The van der Waals surface area contributed by atoms with Crippen molar-refractivity contribution in [3.63, 3.8) is 0 Å². The molecule has 1 N–H and O–H groups in total. The number of amides is 1. The number of nitrogens with zero attached hydrogens (tertiary/aromatic N) is 2. The predicted octanol–water partition coefficient (Wildman–Crippen LogP) is 3.98. The average Bonchev–Trinajstić information content (AvgIpc) is 3.17. The summed E-state index contributed by atoms with van der Waals surface area (Å²) in [5.41, 5.74) is 4.59. The molecule has 0 saturated carbocycles. The van der Waals surface area contributed by atoms with Crippen molar-refractivity contribution in [2.45, 2.75) is 20.5 Å². The van der Waals surface area contributed by atoms with Crippen LogP contribution in [0.3, 0.4) is 0 Å². The molecule has 4 rings (SSSR count). The summed E-state index contributed by atoms with van der Waals surface area (Å²) < 4.78 is 10.5. The van der Waals surface area contributed by atoms with Crippen LogP contribution in [0.2, 0.25) is 0 Å². The summed E-state index contributed by atoms with van der Waals surface area (Å²) in [6, 6.07) is 18.8. The van der Waals surface area contributed by atoms with Crippen LogP contribution in [0.15, 0.2) is 65.2 Å². The minimum absolute atomic E-state index is 0.150. The van der Waals surface area contributed by atoms with Crippen molar-refractivity contribution in [1.29, 1.82) is 0 Å². The molecule has 0 fully saturated rings. The normalized spacial score (nSPS) is 10.8. The highest BCUT2D eigenvalue weighted by Crippen LogP contribution is 2.27. The number of hydrogen-bond acceptors (Lipinski definition) is 6. The van der Waals surface area contributed by atoms with E-state index in [1.165, 1.54) is 0 Å². The number of nitrogens with one attached hydrogen (secondary N) is 1. The summed E-state index contributed by atoms with van der Waals surface area (Å²) in [4.78, 5) is 29.5. The molecule has 0 radical (unpaired) electrons. The second-order valence-corrected chi connectivity index (χ2v) is 7.20. The van der Waals surface area contributed by atoms with E-state index in [-0.39, 0.29) is 18.9 Å². The molecule has 4 aromatic rings. The number of hydrogen-bond donors (Lipinski definition) is 1. The highest BCUT2D eigenvalue weighted by Gasteiger charge is 2.20. The van der Waals surface area contributed by atoms with Gasteiger partial charge in [0.15, 0.2) is 0 Å². The summed E-state index contributed by atoms with van der Waals surface area (Å²) in [5.74, 6) is -0.952. The number of fused-ring (bicyclic) bond motifs is 1. The number of pyridine rings is 1. The largest absolute Gasteiger partial charge is 0.460 e. The molecule has 7 nitrogen and oxygen atoms in total. The molecule has 0 saturated heterocycles. The van der Waals surface area contributed by atoms with Crippen molar-refractivity contribution in [1.82, 2.24) is 15.5 Å². The molecule has 1 amide bonds. The first-order chi connectivity index (χ1) is 15.0. The van der Waals surface area contributed by atoms with Crippen molar-refractivity contribution >= 4 is 23.0 Å². The molecule has 156 valence electrons. The van der Waals surface area contributed by atoms with Gasteiger partial charge in [0.05, 0.1) is 22.3 Å². The maximum absolute atomic E-state index is 12.9. The number of carbonyl (C=O) groups excluding carboxylic acids is 2. The zero-order valence-electron chi connectivity index (χ0n) is 17.2. The summed E-state index contributed by atoms with van der Waals surface area (Å²) in [6.07, 6.45) is 0. The monoisotopic (exact) mass is 415 g/mol. The van der Waals surface area contributed by atoms with E-state index < -0.39 is 11.9 Å². The molecule has 0 atom stereocenters. The Morgan fingerprint density at radius 1 is 1.03 bits per heavy atom. The molecule has 0 aliphatic heterocycles. The molecule has 2 aromatic carbocycles. The maximum Gasteiger partial charge on any atom is 0.325 e. The van der Waals surface area contributed by atoms with Crippen molar-refractivity contribution < 1.29 is 18.8 Å². The lowest BCUT2D eigenvalue weighted by molar-refractivity contribution is -0.143. The van der Waals surface area contributed by atoms with Crippen LogP contribution in [-0.2, 0) is 16.1 Å². The van der Waals surface area contributed by atoms with Crippen molar-refractivity contribution in [3.8, 4) is 11.3 Å². The second kappa shape index (κ2) is 8.79. The van der Waals surface area contributed by atoms with Gasteiger partial charge in [-0.3, -0.25) is 9.59 Å². The number of rotatable bonds is 6. The fourth-order valence-electron chi connectivity index (χ4n) is 3.18. The van der Waals surface area contributed by atoms with Gasteiger partial charge in [0.25, 0.3) is 11.6 Å². The van der Waals surface area contributed by atoms with E-state index in [0.29, 0.717) is 22.3 Å². The van der Waals surface area contributed by atoms with Crippen LogP contribution in [0.4, 0.5) is 0 Å². The number of esters is 1. The SMILES string of the molecule is Cc1ccc(-c2cc(C(=O)NCC(=O)OCc3ccccc3)c3c(C)noc3n2)cc1. The lowest BCUT2D eigenvalue weighted by Crippen LogP contribution is -2.30. The topological polar surface area (TPSA) is 94.3 Å². The van der Waals surface area contributed by atoms with Crippen molar-refractivity contribution in [3.05, 3.63) is 83.0 Å². The lowest BCUT2D eigenvalue weighted by Gasteiger charge is -2.09. The Morgan fingerprint density at radius 2 is 1.77 bits per heavy atom. The van der Waals surface area contributed by atoms with Crippen LogP contribution in [0.5, 0.6) is 0 Å². The molecule has 0 aliphatic rings. The third kappa shape index (κ3) is 4.61. The first-order valence-electron chi connectivity index (χ1n) is 9.83. The van der Waals surface area contributed by atoms with Gasteiger partial charge in [0, 0.05) is 5.56 Å². The number of aryl methyl sites for hydroxylation is 2. The van der Waals surface area contributed by atoms with Gasteiger partial charge in [-0.25, -0.2) is 4.98 Å². The van der Waals surface area contributed by atoms with E-state index in [1.807, 2.05) is 61.5 Å². The van der Waals surface area contributed by atoms with Crippen molar-refractivity contribution in [2.24, 2.45) is 0 Å². The first-order valence-corrected chi connectivity index (χ1v) is 9.83. The summed E-state index contributed by atoms with van der Waals surface area (Å²) in [7, 11) is 0. The minimum atomic E-state index is -0.525. The molecule has 0 unspecified atom stereocenters. The van der Waals surface area contributed by atoms with E-state index in [2.05, 4.69) is 15.5 Å².